The van der Waals surface area contributed by atoms with Gasteiger partial charge in [0.05, 0.1) is 19.3 Å². The van der Waals surface area contributed by atoms with Gasteiger partial charge in [-0.3, -0.25) is 9.36 Å². The predicted molar refractivity (Wildman–Crippen MR) is 73.7 cm³/mol. The largest absolute Gasteiger partial charge is 0.462 e. The molecule has 1 rings (SSSR count). The lowest BCUT2D eigenvalue weighted by Gasteiger charge is -2.17. The van der Waals surface area contributed by atoms with Crippen LogP contribution >= 0.6 is 8.18 Å². The molecule has 1 heterocycles. The van der Waals surface area contributed by atoms with E-state index in [1.165, 1.54) is 0 Å². The van der Waals surface area contributed by atoms with Gasteiger partial charge in [-0.05, 0) is 20.3 Å². The maximum absolute atomic E-state index is 11.7. The van der Waals surface area contributed by atoms with Crippen molar-refractivity contribution in [2.75, 3.05) is 19.8 Å². The fourth-order valence-electron chi connectivity index (χ4n) is 1.69. The number of esters is 1. The minimum absolute atomic E-state index is 0.0821. The first kappa shape index (κ1) is 17.6. The summed E-state index contributed by atoms with van der Waals surface area (Å²) < 4.78 is 32.2. The van der Waals surface area contributed by atoms with Crippen LogP contribution in [-0.4, -0.2) is 44.2 Å². The highest BCUT2D eigenvalue weighted by Crippen LogP contribution is 2.20. The van der Waals surface area contributed by atoms with Crippen molar-refractivity contribution in [2.24, 2.45) is 0 Å². The molecule has 7 nitrogen and oxygen atoms in total. The number of hydrogen-bond donors (Lipinski definition) is 1. The van der Waals surface area contributed by atoms with Gasteiger partial charge in [0.1, 0.15) is 12.6 Å². The zero-order valence-corrected chi connectivity index (χ0v) is 13.2. The molecule has 0 aromatic heterocycles. The lowest BCUT2D eigenvalue weighted by atomic mass is 10.2. The van der Waals surface area contributed by atoms with E-state index in [2.05, 4.69) is 5.09 Å². The summed E-state index contributed by atoms with van der Waals surface area (Å²) in [5.41, 5.74) is 0. The van der Waals surface area contributed by atoms with E-state index in [0.29, 0.717) is 13.2 Å². The molecule has 0 aromatic rings. The van der Waals surface area contributed by atoms with Crippen molar-refractivity contribution in [2.45, 2.75) is 52.0 Å². The van der Waals surface area contributed by atoms with Crippen LogP contribution in [0.25, 0.3) is 0 Å². The molecular formula is C12H24NO6P. The van der Waals surface area contributed by atoms with Crippen LogP contribution in [0.15, 0.2) is 0 Å². The van der Waals surface area contributed by atoms with Crippen molar-refractivity contribution >= 4 is 14.1 Å². The fraction of sp³-hybridized carbons (Fsp3) is 0.917. The normalized spacial score (nSPS) is 20.6. The van der Waals surface area contributed by atoms with Crippen LogP contribution < -0.4 is 5.09 Å². The lowest BCUT2D eigenvalue weighted by molar-refractivity contribution is -0.150. The van der Waals surface area contributed by atoms with Gasteiger partial charge >= 0.3 is 5.97 Å². The summed E-state index contributed by atoms with van der Waals surface area (Å²) in [6.45, 7) is 6.56. The molecule has 1 aliphatic rings. The van der Waals surface area contributed by atoms with E-state index in [9.17, 15) is 9.36 Å². The summed E-state index contributed by atoms with van der Waals surface area (Å²) in [4.78, 5) is 11.7. The Balaban J connectivity index is 2.20. The average molecular weight is 309 g/mol. The van der Waals surface area contributed by atoms with Gasteiger partial charge in [-0.15, -0.1) is 0 Å². The Kier molecular flexibility index (Phi) is 8.33. The van der Waals surface area contributed by atoms with Gasteiger partial charge in [0.15, 0.2) is 6.29 Å². The van der Waals surface area contributed by atoms with Crippen LogP contribution in [-0.2, 0) is 28.1 Å². The minimum Gasteiger partial charge on any atom is -0.462 e. The molecule has 1 N–H and O–H groups in total. The van der Waals surface area contributed by atoms with Crippen LogP contribution in [0.4, 0.5) is 0 Å². The first-order valence-electron chi connectivity index (χ1n) is 6.90. The predicted octanol–water partition coefficient (Wildman–Crippen LogP) is 1.48. The quantitative estimate of drug-likeness (QED) is 0.510. The molecule has 20 heavy (non-hydrogen) atoms. The lowest BCUT2D eigenvalue weighted by Crippen LogP contribution is -2.33. The van der Waals surface area contributed by atoms with Crippen LogP contribution in [0.3, 0.4) is 0 Å². The van der Waals surface area contributed by atoms with E-state index in [1.807, 2.05) is 13.8 Å². The van der Waals surface area contributed by atoms with Crippen LogP contribution in [0.2, 0.25) is 0 Å². The highest BCUT2D eigenvalue weighted by atomic mass is 31.1. The van der Waals surface area contributed by atoms with E-state index >= 15 is 0 Å². The number of carbonyl (C=O) groups excluding carboxylic acids is 1. The molecule has 0 amide bonds. The number of carbonyl (C=O) groups is 1. The minimum atomic E-state index is -2.53. The van der Waals surface area contributed by atoms with Gasteiger partial charge in [-0.1, -0.05) is 13.3 Å². The van der Waals surface area contributed by atoms with Crippen LogP contribution in [0.1, 0.15) is 33.6 Å². The average Bonchev–Trinajstić information content (AvgIpc) is 2.89. The Morgan fingerprint density at radius 2 is 2.05 bits per heavy atom. The molecule has 1 saturated heterocycles. The Bertz CT molecular complexity index is 321. The zero-order chi connectivity index (χ0) is 15.0. The molecule has 8 heteroatoms. The summed E-state index contributed by atoms with van der Waals surface area (Å²) >= 11 is 0. The topological polar surface area (TPSA) is 83.1 Å². The van der Waals surface area contributed by atoms with Crippen molar-refractivity contribution in [3.05, 3.63) is 0 Å². The number of rotatable bonds is 9. The van der Waals surface area contributed by atoms with Gasteiger partial charge < -0.3 is 18.7 Å². The third kappa shape index (κ3) is 6.81. The molecule has 3 atom stereocenters. The van der Waals surface area contributed by atoms with E-state index in [0.717, 1.165) is 12.8 Å². The first-order valence-corrected chi connectivity index (χ1v) is 8.21. The van der Waals surface area contributed by atoms with Gasteiger partial charge in [0, 0.05) is 0 Å². The number of hydrogen-bond acceptors (Lipinski definition) is 6. The maximum Gasteiger partial charge on any atom is 0.323 e. The van der Waals surface area contributed by atoms with E-state index in [1.54, 1.807) is 6.92 Å². The molecule has 0 bridgehead atoms. The third-order valence-corrected chi connectivity index (χ3v) is 3.84. The second-order valence-corrected chi connectivity index (χ2v) is 5.82. The van der Waals surface area contributed by atoms with Crippen molar-refractivity contribution in [3.63, 3.8) is 0 Å². The third-order valence-electron chi connectivity index (χ3n) is 2.74. The zero-order valence-electron chi connectivity index (χ0n) is 12.2. The standard InChI is InChI=1S/C12H24NO6P/c1-4-5-9(2)19-12(14)10(3)13-20(15)18-8-11-16-6-7-17-11/h9-11,20H,4-8H2,1-3H3,(H,13,15)/t9-,10-/m0/s1. The molecule has 1 unspecified atom stereocenters. The summed E-state index contributed by atoms with van der Waals surface area (Å²) in [5.74, 6) is -0.429. The van der Waals surface area contributed by atoms with E-state index < -0.39 is 26.5 Å². The summed E-state index contributed by atoms with van der Waals surface area (Å²) in [5, 5.41) is 2.59. The Labute approximate surface area is 120 Å². The first-order chi connectivity index (χ1) is 9.52. The molecule has 118 valence electrons. The second kappa shape index (κ2) is 9.47. The number of ether oxygens (including phenoxy) is 3. The molecule has 0 aliphatic carbocycles. The summed E-state index contributed by atoms with van der Waals surface area (Å²) in [6, 6.07) is -0.675. The summed E-state index contributed by atoms with van der Waals surface area (Å²) in [7, 11) is -2.53. The molecule has 0 radical (unpaired) electrons. The molecule has 0 spiro atoms. The SMILES string of the molecule is CCC[C@H](C)OC(=O)[C@H](C)N[PH](=O)OCC1OCCO1. The number of nitrogens with one attached hydrogen (secondary N) is 1. The highest BCUT2D eigenvalue weighted by molar-refractivity contribution is 7.36. The van der Waals surface area contributed by atoms with Crippen molar-refractivity contribution < 1.29 is 28.1 Å². The van der Waals surface area contributed by atoms with E-state index in [-0.39, 0.29) is 12.7 Å². The molecular weight excluding hydrogens is 285 g/mol. The van der Waals surface area contributed by atoms with Gasteiger partial charge in [-0.2, -0.15) is 0 Å². The van der Waals surface area contributed by atoms with Crippen LogP contribution in [0.5, 0.6) is 0 Å². The molecule has 0 saturated carbocycles. The van der Waals surface area contributed by atoms with Crippen molar-refractivity contribution in [1.29, 1.82) is 0 Å². The Morgan fingerprint density at radius 3 is 2.65 bits per heavy atom. The fourth-order valence-corrected chi connectivity index (χ4v) is 2.53. The van der Waals surface area contributed by atoms with Gasteiger partial charge in [-0.25, -0.2) is 5.09 Å². The van der Waals surface area contributed by atoms with Crippen molar-refractivity contribution in [1.82, 2.24) is 5.09 Å². The highest BCUT2D eigenvalue weighted by Gasteiger charge is 2.21. The maximum atomic E-state index is 11.7. The Hall–Kier alpha value is -0.460. The second-order valence-electron chi connectivity index (χ2n) is 4.67. The van der Waals surface area contributed by atoms with Gasteiger partial charge in [0.2, 0.25) is 0 Å². The van der Waals surface area contributed by atoms with E-state index in [4.69, 9.17) is 18.7 Å². The van der Waals surface area contributed by atoms with Crippen molar-refractivity contribution in [3.8, 4) is 0 Å². The summed E-state index contributed by atoms with van der Waals surface area (Å²) in [6.07, 6.45) is 1.13. The van der Waals surface area contributed by atoms with Crippen LogP contribution in [0, 0.1) is 0 Å². The smallest absolute Gasteiger partial charge is 0.323 e. The monoisotopic (exact) mass is 309 g/mol. The molecule has 1 fully saturated rings. The Morgan fingerprint density at radius 1 is 1.40 bits per heavy atom. The molecule has 0 aromatic carbocycles. The molecule has 1 aliphatic heterocycles. The van der Waals surface area contributed by atoms with Gasteiger partial charge in [0.25, 0.3) is 8.18 Å².